The minimum absolute atomic E-state index is 0.0187. The Kier molecular flexibility index (Phi) is 7.31. The molecule has 0 radical (unpaired) electrons. The third-order valence-electron chi connectivity index (χ3n) is 5.64. The number of amides is 1. The van der Waals surface area contributed by atoms with Gasteiger partial charge in [0.05, 0.1) is 23.4 Å². The molecule has 1 aromatic heterocycles. The van der Waals surface area contributed by atoms with Crippen molar-refractivity contribution in [3.05, 3.63) is 70.5 Å². The standard InChI is InChI=1S/C24H18F7N3O4S/c1-39(36,37)22-32-19(14-3-5-17(25)6-4-14)18-20(33-22)38-8-2-7-34(21(18)35)12-13-9-15(23(26,27)28)11-16(10-13)24(29,30)31/h3-6,9-11H,2,7-8,12H2,1H3. The maximum absolute atomic E-state index is 13.7. The molecule has 0 unspecified atom stereocenters. The van der Waals surface area contributed by atoms with Crippen LogP contribution in [0.2, 0.25) is 0 Å². The molecule has 7 nitrogen and oxygen atoms in total. The lowest BCUT2D eigenvalue weighted by Crippen LogP contribution is -2.35. The molecular weight excluding hydrogens is 559 g/mol. The molecule has 4 rings (SSSR count). The zero-order valence-electron chi connectivity index (χ0n) is 19.9. The summed E-state index contributed by atoms with van der Waals surface area (Å²) in [5.74, 6) is -2.03. The van der Waals surface area contributed by atoms with Crippen molar-refractivity contribution in [2.45, 2.75) is 30.5 Å². The molecule has 2 aromatic carbocycles. The molecule has 1 aliphatic heterocycles. The summed E-state index contributed by atoms with van der Waals surface area (Å²) in [6, 6.07) is 5.49. The summed E-state index contributed by atoms with van der Waals surface area (Å²) in [5.41, 5.74) is -4.07. The zero-order chi connectivity index (χ0) is 28.8. The number of aromatic nitrogens is 2. The van der Waals surface area contributed by atoms with Crippen molar-refractivity contribution in [2.24, 2.45) is 0 Å². The van der Waals surface area contributed by atoms with Gasteiger partial charge in [-0.1, -0.05) is 0 Å². The van der Waals surface area contributed by atoms with Crippen molar-refractivity contribution < 1.29 is 48.7 Å². The van der Waals surface area contributed by atoms with Gasteiger partial charge in [0.15, 0.2) is 0 Å². The van der Waals surface area contributed by atoms with Gasteiger partial charge in [0.2, 0.25) is 15.7 Å². The third-order valence-corrected chi connectivity index (χ3v) is 6.48. The second-order valence-corrected chi connectivity index (χ2v) is 10.6. The predicted octanol–water partition coefficient (Wildman–Crippen LogP) is 5.15. The summed E-state index contributed by atoms with van der Waals surface area (Å²) in [7, 11) is -4.03. The van der Waals surface area contributed by atoms with Gasteiger partial charge in [-0.3, -0.25) is 4.79 Å². The van der Waals surface area contributed by atoms with Crippen LogP contribution in [-0.2, 0) is 28.7 Å². The van der Waals surface area contributed by atoms with Crippen molar-refractivity contribution >= 4 is 15.7 Å². The van der Waals surface area contributed by atoms with E-state index < -0.39 is 68.2 Å². The minimum Gasteiger partial charge on any atom is -0.477 e. The number of hydrogen-bond donors (Lipinski definition) is 0. The van der Waals surface area contributed by atoms with Crippen LogP contribution in [0.5, 0.6) is 5.88 Å². The van der Waals surface area contributed by atoms with Gasteiger partial charge < -0.3 is 9.64 Å². The first kappa shape index (κ1) is 28.3. The van der Waals surface area contributed by atoms with Gasteiger partial charge in [-0.25, -0.2) is 17.8 Å². The molecule has 0 saturated heterocycles. The Balaban J connectivity index is 1.85. The quantitative estimate of drug-likeness (QED) is 0.315. The predicted molar refractivity (Wildman–Crippen MR) is 122 cm³/mol. The highest BCUT2D eigenvalue weighted by Crippen LogP contribution is 2.37. The number of rotatable bonds is 4. The van der Waals surface area contributed by atoms with E-state index >= 15 is 0 Å². The Bertz CT molecular complexity index is 1490. The van der Waals surface area contributed by atoms with Crippen LogP contribution < -0.4 is 4.74 Å². The number of fused-ring (bicyclic) bond motifs is 1. The van der Waals surface area contributed by atoms with Crippen LogP contribution in [-0.4, -0.2) is 48.6 Å². The van der Waals surface area contributed by atoms with Gasteiger partial charge in [-0.15, -0.1) is 0 Å². The first-order valence-electron chi connectivity index (χ1n) is 11.1. The summed E-state index contributed by atoms with van der Waals surface area (Å²) in [6.45, 7) is -0.898. The molecule has 15 heteroatoms. The highest BCUT2D eigenvalue weighted by molar-refractivity contribution is 7.90. The van der Waals surface area contributed by atoms with E-state index in [1.54, 1.807) is 0 Å². The van der Waals surface area contributed by atoms with E-state index in [-0.39, 0.29) is 42.5 Å². The second-order valence-electron chi connectivity index (χ2n) is 8.66. The molecule has 0 bridgehead atoms. The summed E-state index contributed by atoms with van der Waals surface area (Å²) in [4.78, 5) is 22.5. The zero-order valence-corrected chi connectivity index (χ0v) is 20.7. The highest BCUT2D eigenvalue weighted by atomic mass is 32.2. The SMILES string of the molecule is CS(=O)(=O)c1nc2c(c(-c3ccc(F)cc3)n1)C(=O)N(Cc1cc(C(F)(F)F)cc(C(F)(F)F)c1)CCCO2. The molecule has 208 valence electrons. The number of hydrogen-bond acceptors (Lipinski definition) is 6. The van der Waals surface area contributed by atoms with Crippen LogP contribution in [0.25, 0.3) is 11.3 Å². The van der Waals surface area contributed by atoms with Gasteiger partial charge in [0, 0.05) is 24.9 Å². The van der Waals surface area contributed by atoms with Gasteiger partial charge in [0.1, 0.15) is 11.4 Å². The largest absolute Gasteiger partial charge is 0.477 e. The number of benzene rings is 2. The fraction of sp³-hybridized carbons (Fsp3) is 0.292. The maximum Gasteiger partial charge on any atom is 0.416 e. The molecule has 0 aliphatic carbocycles. The Morgan fingerprint density at radius 2 is 1.54 bits per heavy atom. The van der Waals surface area contributed by atoms with Crippen molar-refractivity contribution in [3.8, 4) is 17.1 Å². The van der Waals surface area contributed by atoms with Crippen LogP contribution >= 0.6 is 0 Å². The number of halogens is 7. The van der Waals surface area contributed by atoms with Crippen LogP contribution in [0.1, 0.15) is 33.5 Å². The Morgan fingerprint density at radius 1 is 0.949 bits per heavy atom. The minimum atomic E-state index is -5.08. The average molecular weight is 577 g/mol. The average Bonchev–Trinajstić information content (AvgIpc) is 2.82. The van der Waals surface area contributed by atoms with E-state index in [0.717, 1.165) is 23.3 Å². The van der Waals surface area contributed by atoms with E-state index in [1.807, 2.05) is 0 Å². The van der Waals surface area contributed by atoms with Gasteiger partial charge in [-0.2, -0.15) is 31.3 Å². The van der Waals surface area contributed by atoms with Gasteiger partial charge in [-0.05, 0) is 54.4 Å². The summed E-state index contributed by atoms with van der Waals surface area (Å²) < 4.78 is 124. The second kappa shape index (κ2) is 10.1. The van der Waals surface area contributed by atoms with E-state index in [4.69, 9.17) is 4.74 Å². The number of sulfone groups is 1. The normalized spacial score (nSPS) is 14.9. The molecule has 2 heterocycles. The van der Waals surface area contributed by atoms with Crippen LogP contribution in [0, 0.1) is 5.82 Å². The monoisotopic (exact) mass is 577 g/mol. The topological polar surface area (TPSA) is 89.5 Å². The summed E-state index contributed by atoms with van der Waals surface area (Å²) in [5, 5.41) is -0.701. The molecule has 1 amide bonds. The Hall–Kier alpha value is -3.75. The fourth-order valence-corrected chi connectivity index (χ4v) is 4.37. The van der Waals surface area contributed by atoms with Crippen LogP contribution in [0.15, 0.2) is 47.6 Å². The van der Waals surface area contributed by atoms with Crippen LogP contribution in [0.4, 0.5) is 30.7 Å². The molecule has 1 aliphatic rings. The highest BCUT2D eigenvalue weighted by Gasteiger charge is 2.38. The number of nitrogens with zero attached hydrogens (tertiary/aromatic N) is 3. The van der Waals surface area contributed by atoms with Crippen molar-refractivity contribution in [1.29, 1.82) is 0 Å². The molecule has 39 heavy (non-hydrogen) atoms. The first-order valence-corrected chi connectivity index (χ1v) is 13.0. The Labute approximate surface area is 217 Å². The molecule has 0 fully saturated rings. The number of carbonyl (C=O) groups is 1. The number of carbonyl (C=O) groups excluding carboxylic acids is 1. The van der Waals surface area contributed by atoms with Gasteiger partial charge in [0.25, 0.3) is 11.1 Å². The molecular formula is C24H18F7N3O4S. The molecule has 0 N–H and O–H groups in total. The van der Waals surface area contributed by atoms with Gasteiger partial charge >= 0.3 is 12.4 Å². The van der Waals surface area contributed by atoms with Crippen LogP contribution in [0.3, 0.4) is 0 Å². The first-order chi connectivity index (χ1) is 18.0. The van der Waals surface area contributed by atoms with Crippen molar-refractivity contribution in [3.63, 3.8) is 0 Å². The number of alkyl halides is 6. The molecule has 0 saturated carbocycles. The number of ether oxygens (including phenoxy) is 1. The van der Waals surface area contributed by atoms with E-state index in [2.05, 4.69) is 9.97 Å². The maximum atomic E-state index is 13.7. The lowest BCUT2D eigenvalue weighted by Gasteiger charge is -2.28. The lowest BCUT2D eigenvalue weighted by molar-refractivity contribution is -0.143. The van der Waals surface area contributed by atoms with E-state index in [9.17, 15) is 43.9 Å². The Morgan fingerprint density at radius 3 is 2.08 bits per heavy atom. The lowest BCUT2D eigenvalue weighted by atomic mass is 10.0. The van der Waals surface area contributed by atoms with E-state index in [0.29, 0.717) is 12.1 Å². The van der Waals surface area contributed by atoms with Crippen molar-refractivity contribution in [2.75, 3.05) is 19.4 Å². The summed E-state index contributed by atoms with van der Waals surface area (Å²) in [6.07, 6.45) is -9.25. The van der Waals surface area contributed by atoms with E-state index in [1.165, 1.54) is 12.1 Å². The molecule has 0 spiro atoms. The van der Waals surface area contributed by atoms with Crippen molar-refractivity contribution in [1.82, 2.24) is 14.9 Å². The third kappa shape index (κ3) is 6.29. The summed E-state index contributed by atoms with van der Waals surface area (Å²) >= 11 is 0. The smallest absolute Gasteiger partial charge is 0.416 e. The molecule has 0 atom stereocenters. The fourth-order valence-electron chi connectivity index (χ4n) is 3.87. The molecule has 3 aromatic rings.